The van der Waals surface area contributed by atoms with Crippen LogP contribution in [0, 0.1) is 0 Å². The minimum absolute atomic E-state index is 0.0354. The number of nitrogens with one attached hydrogen (secondary N) is 1. The monoisotopic (exact) mass is 344 g/mol. The Hall–Kier alpha value is -1.41. The highest BCUT2D eigenvalue weighted by molar-refractivity contribution is 7.91. The predicted molar refractivity (Wildman–Crippen MR) is 83.0 cm³/mol. The molecule has 5 nitrogen and oxygen atoms in total. The van der Waals surface area contributed by atoms with Gasteiger partial charge in [-0.1, -0.05) is 23.7 Å². The van der Waals surface area contributed by atoms with E-state index >= 15 is 0 Å². The van der Waals surface area contributed by atoms with Gasteiger partial charge < -0.3 is 5.32 Å². The van der Waals surface area contributed by atoms with E-state index in [0.717, 1.165) is 16.9 Å². The van der Waals surface area contributed by atoms with Crippen molar-refractivity contribution in [2.45, 2.75) is 17.2 Å². The summed E-state index contributed by atoms with van der Waals surface area (Å²) in [6.07, 6.45) is 0. The van der Waals surface area contributed by atoms with Gasteiger partial charge in [0, 0.05) is 10.4 Å². The van der Waals surface area contributed by atoms with E-state index in [2.05, 4.69) is 5.32 Å². The molecule has 0 bridgehead atoms. The molecule has 1 atom stereocenters. The third kappa shape index (κ3) is 4.04. The maximum atomic E-state index is 12.1. The van der Waals surface area contributed by atoms with Crippen LogP contribution >= 0.6 is 22.9 Å². The molecule has 1 aromatic carbocycles. The maximum Gasteiger partial charge on any atom is 0.252 e. The fourth-order valence-corrected chi connectivity index (χ4v) is 3.41. The van der Waals surface area contributed by atoms with Crippen molar-refractivity contribution in [3.63, 3.8) is 0 Å². The summed E-state index contributed by atoms with van der Waals surface area (Å²) in [4.78, 5) is 12.1. The van der Waals surface area contributed by atoms with Crippen molar-refractivity contribution in [3.05, 3.63) is 51.9 Å². The van der Waals surface area contributed by atoms with Crippen LogP contribution in [0.3, 0.4) is 0 Å². The van der Waals surface area contributed by atoms with Crippen LogP contribution in [0.2, 0.25) is 5.02 Å². The Morgan fingerprint density at radius 1 is 1.33 bits per heavy atom. The van der Waals surface area contributed by atoms with Gasteiger partial charge in [0.05, 0.1) is 11.6 Å². The second-order valence-electron chi connectivity index (χ2n) is 4.45. The highest BCUT2D eigenvalue weighted by atomic mass is 35.5. The molecule has 8 heteroatoms. The highest BCUT2D eigenvalue weighted by Gasteiger charge is 2.17. The van der Waals surface area contributed by atoms with Gasteiger partial charge in [0.25, 0.3) is 5.91 Å². The Labute approximate surface area is 131 Å². The molecule has 21 heavy (non-hydrogen) atoms. The molecule has 2 aromatic rings. The van der Waals surface area contributed by atoms with Crippen molar-refractivity contribution < 1.29 is 13.2 Å². The highest BCUT2D eigenvalue weighted by Crippen LogP contribution is 2.20. The van der Waals surface area contributed by atoms with Crippen molar-refractivity contribution >= 4 is 38.9 Å². The van der Waals surface area contributed by atoms with Gasteiger partial charge in [0.1, 0.15) is 4.21 Å². The third-order valence-electron chi connectivity index (χ3n) is 2.84. The summed E-state index contributed by atoms with van der Waals surface area (Å²) < 4.78 is 22.3. The number of hydrogen-bond acceptors (Lipinski definition) is 4. The van der Waals surface area contributed by atoms with E-state index in [1.165, 1.54) is 11.4 Å². The Balaban J connectivity index is 2.11. The molecule has 0 aliphatic carbocycles. The first-order valence-electron chi connectivity index (χ1n) is 5.95. The predicted octanol–water partition coefficient (Wildman–Crippen LogP) is 2.54. The molecule has 2 rings (SSSR count). The van der Waals surface area contributed by atoms with Gasteiger partial charge in [-0.15, -0.1) is 11.3 Å². The Kier molecular flexibility index (Phi) is 4.67. The van der Waals surface area contributed by atoms with E-state index in [4.69, 9.17) is 16.7 Å². The first-order valence-corrected chi connectivity index (χ1v) is 8.75. The van der Waals surface area contributed by atoms with Crippen molar-refractivity contribution in [3.8, 4) is 0 Å². The number of carbonyl (C=O) groups excluding carboxylic acids is 1. The first kappa shape index (κ1) is 16.0. The number of rotatable bonds is 4. The Morgan fingerprint density at radius 2 is 1.95 bits per heavy atom. The summed E-state index contributed by atoms with van der Waals surface area (Å²) in [5.74, 6) is -0.358. The van der Waals surface area contributed by atoms with Gasteiger partial charge in [0.2, 0.25) is 10.0 Å². The van der Waals surface area contributed by atoms with Crippen molar-refractivity contribution in [2.75, 3.05) is 0 Å². The fraction of sp³-hybridized carbons (Fsp3) is 0.154. The zero-order valence-corrected chi connectivity index (χ0v) is 13.4. The Morgan fingerprint density at radius 3 is 2.48 bits per heavy atom. The topological polar surface area (TPSA) is 89.3 Å². The number of carbonyl (C=O) groups is 1. The SMILES string of the molecule is CC(NC(=O)c1csc(S(N)(=O)=O)c1)c1ccc(Cl)cc1. The summed E-state index contributed by atoms with van der Waals surface area (Å²) >= 11 is 6.73. The van der Waals surface area contributed by atoms with Crippen LogP contribution in [-0.4, -0.2) is 14.3 Å². The molecule has 0 aliphatic heterocycles. The van der Waals surface area contributed by atoms with Crippen LogP contribution < -0.4 is 10.5 Å². The molecule has 1 amide bonds. The molecule has 0 saturated heterocycles. The lowest BCUT2D eigenvalue weighted by Crippen LogP contribution is -2.26. The van der Waals surface area contributed by atoms with E-state index in [-0.39, 0.29) is 21.7 Å². The quantitative estimate of drug-likeness (QED) is 0.893. The van der Waals surface area contributed by atoms with E-state index in [1.54, 1.807) is 12.1 Å². The third-order valence-corrected chi connectivity index (χ3v) is 5.47. The zero-order chi connectivity index (χ0) is 15.6. The molecule has 1 unspecified atom stereocenters. The van der Waals surface area contributed by atoms with Gasteiger partial charge in [0.15, 0.2) is 0 Å². The number of benzene rings is 1. The van der Waals surface area contributed by atoms with Crippen LogP contribution in [0.5, 0.6) is 0 Å². The van der Waals surface area contributed by atoms with Gasteiger partial charge in [-0.2, -0.15) is 0 Å². The molecular weight excluding hydrogens is 332 g/mol. The molecule has 0 saturated carbocycles. The molecule has 1 aromatic heterocycles. The average Bonchev–Trinajstić information content (AvgIpc) is 2.88. The van der Waals surface area contributed by atoms with E-state index in [9.17, 15) is 13.2 Å². The second kappa shape index (κ2) is 6.15. The number of halogens is 1. The zero-order valence-electron chi connectivity index (χ0n) is 11.0. The number of amides is 1. The number of nitrogens with two attached hydrogens (primary N) is 1. The molecular formula is C13H13ClN2O3S2. The minimum atomic E-state index is -3.78. The Bertz CT molecular complexity index is 754. The van der Waals surface area contributed by atoms with E-state index in [0.29, 0.717) is 5.02 Å². The van der Waals surface area contributed by atoms with E-state index in [1.807, 2.05) is 19.1 Å². The van der Waals surface area contributed by atoms with Gasteiger partial charge >= 0.3 is 0 Å². The normalized spacial score (nSPS) is 12.9. The number of thiophene rings is 1. The maximum absolute atomic E-state index is 12.1. The van der Waals surface area contributed by atoms with E-state index < -0.39 is 10.0 Å². The largest absolute Gasteiger partial charge is 0.345 e. The lowest BCUT2D eigenvalue weighted by molar-refractivity contribution is 0.0940. The number of primary sulfonamides is 1. The molecule has 1 heterocycles. The first-order chi connectivity index (χ1) is 9.77. The molecule has 3 N–H and O–H groups in total. The molecule has 0 aliphatic rings. The van der Waals surface area contributed by atoms with Crippen LogP contribution in [0.1, 0.15) is 28.9 Å². The van der Waals surface area contributed by atoms with Gasteiger partial charge in [-0.05, 0) is 30.7 Å². The van der Waals surface area contributed by atoms with Crippen molar-refractivity contribution in [1.82, 2.24) is 5.32 Å². The summed E-state index contributed by atoms with van der Waals surface area (Å²) in [6.45, 7) is 1.83. The van der Waals surface area contributed by atoms with Crippen LogP contribution in [0.25, 0.3) is 0 Å². The minimum Gasteiger partial charge on any atom is -0.345 e. The number of sulfonamides is 1. The molecule has 112 valence electrons. The standard InChI is InChI=1S/C13H13ClN2O3S2/c1-8(9-2-4-11(14)5-3-9)16-13(17)10-6-12(20-7-10)21(15,18)19/h2-8H,1H3,(H,16,17)(H2,15,18,19). The smallest absolute Gasteiger partial charge is 0.252 e. The lowest BCUT2D eigenvalue weighted by atomic mass is 10.1. The lowest BCUT2D eigenvalue weighted by Gasteiger charge is -2.13. The summed E-state index contributed by atoms with van der Waals surface area (Å²) in [7, 11) is -3.78. The molecule has 0 radical (unpaired) electrons. The fourth-order valence-electron chi connectivity index (χ4n) is 1.70. The summed E-state index contributed by atoms with van der Waals surface area (Å²) in [5, 5.41) is 9.88. The second-order valence-corrected chi connectivity index (χ2v) is 7.58. The van der Waals surface area contributed by atoms with Crippen molar-refractivity contribution in [2.24, 2.45) is 5.14 Å². The molecule has 0 fully saturated rings. The molecule has 0 spiro atoms. The van der Waals surface area contributed by atoms with Crippen LogP contribution in [0.4, 0.5) is 0 Å². The van der Waals surface area contributed by atoms with Crippen LogP contribution in [0.15, 0.2) is 39.9 Å². The van der Waals surface area contributed by atoms with Crippen LogP contribution in [-0.2, 0) is 10.0 Å². The van der Waals surface area contributed by atoms with Gasteiger partial charge in [-0.25, -0.2) is 13.6 Å². The van der Waals surface area contributed by atoms with Gasteiger partial charge in [-0.3, -0.25) is 4.79 Å². The summed E-state index contributed by atoms with van der Waals surface area (Å²) in [6, 6.07) is 8.15. The summed E-state index contributed by atoms with van der Waals surface area (Å²) in [5.41, 5.74) is 1.17. The number of hydrogen-bond donors (Lipinski definition) is 2. The van der Waals surface area contributed by atoms with Crippen molar-refractivity contribution in [1.29, 1.82) is 0 Å². The average molecular weight is 345 g/mol.